The van der Waals surface area contributed by atoms with Crippen molar-refractivity contribution < 1.29 is 5.11 Å². The molecule has 0 spiro atoms. The van der Waals surface area contributed by atoms with Crippen molar-refractivity contribution in [3.8, 4) is 11.3 Å². The molecule has 3 aromatic heterocycles. The minimum atomic E-state index is 0.242. The number of rotatable bonds is 5. The lowest BCUT2D eigenvalue weighted by atomic mass is 10.1. The van der Waals surface area contributed by atoms with E-state index in [1.807, 2.05) is 67.9 Å². The van der Waals surface area contributed by atoms with Crippen LogP contribution < -0.4 is 5.32 Å². The lowest BCUT2D eigenvalue weighted by Crippen LogP contribution is -2.04. The molecule has 0 aliphatic heterocycles. The molecule has 3 heterocycles. The van der Waals surface area contributed by atoms with E-state index in [2.05, 4.69) is 20.5 Å². The fourth-order valence-electron chi connectivity index (χ4n) is 2.93. The number of allylic oxidation sites excluding steroid dienone is 4. The zero-order valence-electron chi connectivity index (χ0n) is 16.5. The summed E-state index contributed by atoms with van der Waals surface area (Å²) >= 11 is 0. The Hall–Kier alpha value is -3.87. The van der Waals surface area contributed by atoms with Crippen LogP contribution in [-0.2, 0) is 0 Å². The second kappa shape index (κ2) is 7.63. The summed E-state index contributed by atoms with van der Waals surface area (Å²) in [5, 5.41) is 21.4. The number of H-pyrrole nitrogens is 1. The Balaban J connectivity index is 1.74. The van der Waals surface area contributed by atoms with Gasteiger partial charge in [-0.1, -0.05) is 18.2 Å². The Morgan fingerprint density at radius 3 is 2.90 bits per heavy atom. The van der Waals surface area contributed by atoms with E-state index in [0.717, 1.165) is 39.1 Å². The van der Waals surface area contributed by atoms with Crippen LogP contribution in [0.15, 0.2) is 78.2 Å². The molecule has 0 aliphatic carbocycles. The molecule has 0 amide bonds. The van der Waals surface area contributed by atoms with Gasteiger partial charge in [-0.3, -0.25) is 5.10 Å². The summed E-state index contributed by atoms with van der Waals surface area (Å²) in [5.74, 6) is 0.873. The van der Waals surface area contributed by atoms with Gasteiger partial charge in [-0.05, 0) is 44.6 Å². The molecule has 1 aromatic carbocycles. The first kappa shape index (κ1) is 18.5. The molecule has 0 atom stereocenters. The van der Waals surface area contributed by atoms with Crippen molar-refractivity contribution in [2.24, 2.45) is 0 Å². The van der Waals surface area contributed by atoms with Crippen LogP contribution in [0.25, 0.3) is 27.8 Å². The van der Waals surface area contributed by atoms with E-state index in [-0.39, 0.29) is 5.76 Å². The number of imidazole rings is 1. The molecule has 0 bridgehead atoms. The topological polar surface area (TPSA) is 91.1 Å². The molecule has 0 radical (unpaired) electrons. The average Bonchev–Trinajstić information content (AvgIpc) is 3.38. The van der Waals surface area contributed by atoms with Gasteiger partial charge in [0.2, 0.25) is 0 Å². The summed E-state index contributed by atoms with van der Waals surface area (Å²) in [7, 11) is 0. The molecule has 0 aliphatic rings. The maximum Gasteiger partial charge on any atom is 0.180 e. The summed E-state index contributed by atoms with van der Waals surface area (Å²) in [4.78, 5) is 9.22. The van der Waals surface area contributed by atoms with E-state index in [4.69, 9.17) is 4.98 Å². The summed E-state index contributed by atoms with van der Waals surface area (Å²) in [6.07, 6.45) is 12.8. The molecule has 0 fully saturated rings. The Bertz CT molecular complexity index is 1270. The number of nitrogens with one attached hydrogen (secondary N) is 2. The highest BCUT2D eigenvalue weighted by atomic mass is 16.3. The van der Waals surface area contributed by atoms with E-state index in [1.165, 1.54) is 0 Å². The molecule has 4 aromatic rings. The lowest BCUT2D eigenvalue weighted by molar-refractivity contribution is 0.425. The van der Waals surface area contributed by atoms with Gasteiger partial charge >= 0.3 is 0 Å². The second-order valence-electron chi connectivity index (χ2n) is 6.89. The first-order valence-electron chi connectivity index (χ1n) is 9.30. The third kappa shape index (κ3) is 3.75. The van der Waals surface area contributed by atoms with Crippen molar-refractivity contribution in [2.75, 3.05) is 5.32 Å². The molecular formula is C22H22N6O. The van der Waals surface area contributed by atoms with Crippen molar-refractivity contribution in [2.45, 2.75) is 20.8 Å². The van der Waals surface area contributed by atoms with E-state index in [1.54, 1.807) is 18.5 Å². The van der Waals surface area contributed by atoms with Crippen LogP contribution in [0.3, 0.4) is 0 Å². The van der Waals surface area contributed by atoms with Gasteiger partial charge in [-0.15, -0.1) is 0 Å². The largest absolute Gasteiger partial charge is 0.508 e. The molecule has 146 valence electrons. The van der Waals surface area contributed by atoms with E-state index >= 15 is 0 Å². The van der Waals surface area contributed by atoms with Crippen LogP contribution in [-0.4, -0.2) is 29.7 Å². The van der Waals surface area contributed by atoms with Gasteiger partial charge in [0, 0.05) is 35.2 Å². The highest BCUT2D eigenvalue weighted by molar-refractivity contribution is 5.83. The highest BCUT2D eigenvalue weighted by Gasteiger charge is 2.11. The van der Waals surface area contributed by atoms with Crippen LogP contribution in [0.2, 0.25) is 0 Å². The van der Waals surface area contributed by atoms with Crippen molar-refractivity contribution in [3.05, 3.63) is 78.2 Å². The molecule has 7 nitrogen and oxygen atoms in total. The Morgan fingerprint density at radius 1 is 1.24 bits per heavy atom. The number of hydrogen-bond donors (Lipinski definition) is 3. The molecule has 0 unspecified atom stereocenters. The number of aliphatic hydroxyl groups excluding tert-OH is 1. The third-order valence-corrected chi connectivity index (χ3v) is 4.62. The first-order chi connectivity index (χ1) is 14.0. The summed E-state index contributed by atoms with van der Waals surface area (Å²) in [5.41, 5.74) is 5.11. The molecule has 29 heavy (non-hydrogen) atoms. The number of nitrogens with zero attached hydrogens (tertiary/aromatic N) is 4. The normalized spacial score (nSPS) is 12.2. The van der Waals surface area contributed by atoms with Crippen LogP contribution in [0.4, 0.5) is 5.82 Å². The van der Waals surface area contributed by atoms with Crippen LogP contribution in [0.1, 0.15) is 20.8 Å². The van der Waals surface area contributed by atoms with Crippen LogP contribution >= 0.6 is 0 Å². The number of aromatic nitrogens is 5. The summed E-state index contributed by atoms with van der Waals surface area (Å²) in [6.45, 7) is 5.64. The Morgan fingerprint density at radius 2 is 2.10 bits per heavy atom. The smallest absolute Gasteiger partial charge is 0.180 e. The third-order valence-electron chi connectivity index (χ3n) is 4.62. The molecule has 7 heteroatoms. The molecule has 0 saturated heterocycles. The number of hydrogen-bond acceptors (Lipinski definition) is 5. The van der Waals surface area contributed by atoms with Gasteiger partial charge in [0.05, 0.1) is 17.4 Å². The zero-order chi connectivity index (χ0) is 20.4. The lowest BCUT2D eigenvalue weighted by Gasteiger charge is -2.11. The first-order valence-corrected chi connectivity index (χ1v) is 9.30. The number of benzene rings is 1. The van der Waals surface area contributed by atoms with Gasteiger partial charge in [0.25, 0.3) is 0 Å². The molecule has 3 N–H and O–H groups in total. The van der Waals surface area contributed by atoms with Crippen LogP contribution in [0, 0.1) is 0 Å². The standard InChI is InChI=1S/C22H22N6O/c1-4-17(7-8-20(29)14(2)3)25-21-22-23-9-10-28(22)13-19(26-21)15-5-6-16-12-24-27-18(16)11-15/h4-13,29H,1-3H3,(H,24,27)(H,25,26)/b8-7-,17-4+. The summed E-state index contributed by atoms with van der Waals surface area (Å²) in [6, 6.07) is 6.07. The van der Waals surface area contributed by atoms with Gasteiger partial charge in [0.15, 0.2) is 11.5 Å². The zero-order valence-corrected chi connectivity index (χ0v) is 16.5. The summed E-state index contributed by atoms with van der Waals surface area (Å²) < 4.78 is 1.94. The van der Waals surface area contributed by atoms with Crippen molar-refractivity contribution in [3.63, 3.8) is 0 Å². The predicted octanol–water partition coefficient (Wildman–Crippen LogP) is 5.00. The van der Waals surface area contributed by atoms with Crippen molar-refractivity contribution in [1.82, 2.24) is 24.6 Å². The SMILES string of the molecule is C/C=C(\C=C/C(O)=C(C)C)Nc1nc(-c2ccc3cn[nH]c3c2)cn2ccnc12. The van der Waals surface area contributed by atoms with Crippen LogP contribution in [0.5, 0.6) is 0 Å². The van der Waals surface area contributed by atoms with Gasteiger partial charge in [-0.2, -0.15) is 5.10 Å². The van der Waals surface area contributed by atoms with E-state index in [9.17, 15) is 5.11 Å². The average molecular weight is 386 g/mol. The number of anilines is 1. The predicted molar refractivity (Wildman–Crippen MR) is 116 cm³/mol. The fraction of sp³-hybridized carbons (Fsp3) is 0.136. The van der Waals surface area contributed by atoms with Crippen molar-refractivity contribution in [1.29, 1.82) is 0 Å². The quantitative estimate of drug-likeness (QED) is 0.332. The number of fused-ring (bicyclic) bond motifs is 2. The molecule has 0 saturated carbocycles. The Labute approximate surface area is 168 Å². The highest BCUT2D eigenvalue weighted by Crippen LogP contribution is 2.25. The van der Waals surface area contributed by atoms with Gasteiger partial charge < -0.3 is 14.8 Å². The fourth-order valence-corrected chi connectivity index (χ4v) is 2.93. The van der Waals surface area contributed by atoms with E-state index < -0.39 is 0 Å². The molecule has 4 rings (SSSR count). The van der Waals surface area contributed by atoms with E-state index in [0.29, 0.717) is 5.82 Å². The monoisotopic (exact) mass is 386 g/mol. The number of aromatic amines is 1. The maximum atomic E-state index is 9.93. The van der Waals surface area contributed by atoms with Crippen molar-refractivity contribution >= 4 is 22.4 Å². The maximum absolute atomic E-state index is 9.93. The Kier molecular flexibility index (Phi) is 4.87. The number of aliphatic hydroxyl groups is 1. The minimum absolute atomic E-state index is 0.242. The van der Waals surface area contributed by atoms with Gasteiger partial charge in [0.1, 0.15) is 5.76 Å². The molecular weight excluding hydrogens is 364 g/mol. The second-order valence-corrected chi connectivity index (χ2v) is 6.89. The minimum Gasteiger partial charge on any atom is -0.508 e. The van der Waals surface area contributed by atoms with Gasteiger partial charge in [-0.25, -0.2) is 9.97 Å².